The molecule has 0 radical (unpaired) electrons. The highest BCUT2D eigenvalue weighted by Crippen LogP contribution is 2.20. The number of aromatic nitrogens is 1. The molecule has 0 unspecified atom stereocenters. The molecule has 0 bridgehead atoms. The van der Waals surface area contributed by atoms with Crippen LogP contribution in [0.4, 0.5) is 0 Å². The number of pyridine rings is 1. The lowest BCUT2D eigenvalue weighted by atomic mass is 10.1. The van der Waals surface area contributed by atoms with Gasteiger partial charge in [-0.3, -0.25) is 5.41 Å². The van der Waals surface area contributed by atoms with E-state index in [0.29, 0.717) is 18.1 Å². The molecule has 1 aromatic rings. The number of nitrogen functional groups attached to an aromatic ring is 1. The standard InChI is InChI=1S/C13H21N3O2/c1-9-5-7-16-12(10(9)11(14)15)18-8-6-13(2,3)17-4/h5,7H,6,8H2,1-4H3,(H3,14,15). The van der Waals surface area contributed by atoms with Crippen molar-refractivity contribution in [3.05, 3.63) is 23.4 Å². The Kier molecular flexibility index (Phi) is 4.67. The van der Waals surface area contributed by atoms with Crippen molar-refractivity contribution in [3.8, 4) is 5.88 Å². The highest BCUT2D eigenvalue weighted by molar-refractivity contribution is 5.98. The van der Waals surface area contributed by atoms with Crippen molar-refractivity contribution in [2.75, 3.05) is 13.7 Å². The first-order valence-electron chi connectivity index (χ1n) is 5.85. The maximum absolute atomic E-state index is 7.54. The van der Waals surface area contributed by atoms with Crippen LogP contribution in [0, 0.1) is 12.3 Å². The van der Waals surface area contributed by atoms with Crippen molar-refractivity contribution in [1.82, 2.24) is 4.98 Å². The summed E-state index contributed by atoms with van der Waals surface area (Å²) in [6.45, 7) is 6.33. The van der Waals surface area contributed by atoms with E-state index in [9.17, 15) is 0 Å². The third kappa shape index (κ3) is 3.70. The Balaban J connectivity index is 2.74. The van der Waals surface area contributed by atoms with Crippen molar-refractivity contribution in [1.29, 1.82) is 5.41 Å². The molecule has 0 amide bonds. The number of methoxy groups -OCH3 is 1. The highest BCUT2D eigenvalue weighted by atomic mass is 16.5. The van der Waals surface area contributed by atoms with E-state index < -0.39 is 0 Å². The van der Waals surface area contributed by atoms with Crippen molar-refractivity contribution < 1.29 is 9.47 Å². The number of ether oxygens (including phenoxy) is 2. The van der Waals surface area contributed by atoms with Gasteiger partial charge in [0.05, 0.1) is 17.8 Å². The molecule has 0 aliphatic rings. The van der Waals surface area contributed by atoms with Gasteiger partial charge in [-0.25, -0.2) is 4.98 Å². The minimum absolute atomic E-state index is 0.0263. The van der Waals surface area contributed by atoms with Crippen molar-refractivity contribution in [2.24, 2.45) is 5.73 Å². The number of rotatable bonds is 6. The number of hydrogen-bond acceptors (Lipinski definition) is 4. The smallest absolute Gasteiger partial charge is 0.224 e. The lowest BCUT2D eigenvalue weighted by Crippen LogP contribution is -2.25. The van der Waals surface area contributed by atoms with Gasteiger partial charge in [0.25, 0.3) is 0 Å². The third-order valence-electron chi connectivity index (χ3n) is 2.89. The fourth-order valence-electron chi connectivity index (χ4n) is 1.47. The fraction of sp³-hybridized carbons (Fsp3) is 0.538. The zero-order valence-corrected chi connectivity index (χ0v) is 11.4. The van der Waals surface area contributed by atoms with E-state index in [0.717, 1.165) is 12.0 Å². The van der Waals surface area contributed by atoms with Crippen molar-refractivity contribution >= 4 is 5.84 Å². The Morgan fingerprint density at radius 1 is 1.50 bits per heavy atom. The molecule has 0 saturated carbocycles. The number of amidine groups is 1. The second-order valence-electron chi connectivity index (χ2n) is 4.78. The molecule has 1 rings (SSSR count). The first-order chi connectivity index (χ1) is 8.37. The summed E-state index contributed by atoms with van der Waals surface area (Å²) in [6, 6.07) is 1.81. The molecular weight excluding hydrogens is 230 g/mol. The van der Waals surface area contributed by atoms with Crippen LogP contribution >= 0.6 is 0 Å². The van der Waals surface area contributed by atoms with E-state index >= 15 is 0 Å². The zero-order chi connectivity index (χ0) is 13.8. The largest absolute Gasteiger partial charge is 0.477 e. The fourth-order valence-corrected chi connectivity index (χ4v) is 1.47. The zero-order valence-electron chi connectivity index (χ0n) is 11.4. The van der Waals surface area contributed by atoms with E-state index in [1.54, 1.807) is 13.3 Å². The van der Waals surface area contributed by atoms with Gasteiger partial charge in [-0.15, -0.1) is 0 Å². The average Bonchev–Trinajstić information content (AvgIpc) is 2.28. The number of nitrogens with two attached hydrogens (primary N) is 1. The molecule has 18 heavy (non-hydrogen) atoms. The van der Waals surface area contributed by atoms with Crippen LogP contribution in [0.25, 0.3) is 0 Å². The van der Waals surface area contributed by atoms with Crippen LogP contribution < -0.4 is 10.5 Å². The summed E-state index contributed by atoms with van der Waals surface area (Å²) in [5.41, 5.74) is 6.75. The van der Waals surface area contributed by atoms with E-state index in [1.165, 1.54) is 0 Å². The molecule has 0 aliphatic heterocycles. The summed E-state index contributed by atoms with van der Waals surface area (Å²) in [6.07, 6.45) is 2.38. The number of hydrogen-bond donors (Lipinski definition) is 2. The predicted molar refractivity (Wildman–Crippen MR) is 71.2 cm³/mol. The van der Waals surface area contributed by atoms with Gasteiger partial charge in [0.2, 0.25) is 5.88 Å². The molecule has 5 heteroatoms. The lowest BCUT2D eigenvalue weighted by molar-refractivity contribution is 0.00507. The Bertz CT molecular complexity index is 430. The molecule has 3 N–H and O–H groups in total. The van der Waals surface area contributed by atoms with Crippen LogP contribution in [0.15, 0.2) is 12.3 Å². The van der Waals surface area contributed by atoms with Crippen LogP contribution in [0.1, 0.15) is 31.4 Å². The molecule has 100 valence electrons. The monoisotopic (exact) mass is 251 g/mol. The van der Waals surface area contributed by atoms with Crippen molar-refractivity contribution in [2.45, 2.75) is 32.8 Å². The Morgan fingerprint density at radius 3 is 2.72 bits per heavy atom. The predicted octanol–water partition coefficient (Wildman–Crippen LogP) is 1.87. The molecule has 0 aromatic carbocycles. The molecule has 0 aliphatic carbocycles. The highest BCUT2D eigenvalue weighted by Gasteiger charge is 2.17. The van der Waals surface area contributed by atoms with Crippen molar-refractivity contribution in [3.63, 3.8) is 0 Å². The van der Waals surface area contributed by atoms with E-state index in [4.69, 9.17) is 20.6 Å². The quantitative estimate of drug-likeness (QED) is 0.597. The maximum atomic E-state index is 7.54. The van der Waals surface area contributed by atoms with E-state index in [-0.39, 0.29) is 11.4 Å². The minimum Gasteiger partial charge on any atom is -0.477 e. The molecule has 0 saturated heterocycles. The van der Waals surface area contributed by atoms with Crippen LogP contribution in [0.3, 0.4) is 0 Å². The summed E-state index contributed by atoms with van der Waals surface area (Å²) in [5.74, 6) is 0.385. The summed E-state index contributed by atoms with van der Waals surface area (Å²) < 4.78 is 10.9. The topological polar surface area (TPSA) is 81.2 Å². The summed E-state index contributed by atoms with van der Waals surface area (Å²) in [7, 11) is 1.67. The Labute approximate surface area is 108 Å². The molecule has 1 heterocycles. The summed E-state index contributed by atoms with van der Waals surface area (Å²) in [5, 5.41) is 7.54. The van der Waals surface area contributed by atoms with Crippen LogP contribution in [-0.4, -0.2) is 30.1 Å². The molecule has 0 spiro atoms. The Morgan fingerprint density at radius 2 is 2.17 bits per heavy atom. The van der Waals surface area contributed by atoms with Gasteiger partial charge in [-0.05, 0) is 32.4 Å². The van der Waals surface area contributed by atoms with Crippen LogP contribution in [0.5, 0.6) is 5.88 Å². The van der Waals surface area contributed by atoms with Crippen LogP contribution in [0.2, 0.25) is 0 Å². The first-order valence-corrected chi connectivity index (χ1v) is 5.85. The first kappa shape index (κ1) is 14.4. The van der Waals surface area contributed by atoms with Gasteiger partial charge in [0.1, 0.15) is 5.84 Å². The van der Waals surface area contributed by atoms with Gasteiger partial charge in [-0.1, -0.05) is 0 Å². The SMILES string of the molecule is COC(C)(C)CCOc1nccc(C)c1C(=N)N. The number of aryl methyl sites for hydroxylation is 1. The summed E-state index contributed by atoms with van der Waals surface area (Å²) in [4.78, 5) is 4.12. The average molecular weight is 251 g/mol. The molecule has 1 aromatic heterocycles. The number of nitrogens with zero attached hydrogens (tertiary/aromatic N) is 1. The van der Waals surface area contributed by atoms with Gasteiger partial charge < -0.3 is 15.2 Å². The molecule has 0 fully saturated rings. The second-order valence-corrected chi connectivity index (χ2v) is 4.78. The molecular formula is C13H21N3O2. The molecule has 5 nitrogen and oxygen atoms in total. The summed E-state index contributed by atoms with van der Waals surface area (Å²) >= 11 is 0. The number of nitrogens with one attached hydrogen (secondary N) is 1. The molecule has 0 atom stereocenters. The Hall–Kier alpha value is -1.62. The van der Waals surface area contributed by atoms with E-state index in [2.05, 4.69) is 4.98 Å². The third-order valence-corrected chi connectivity index (χ3v) is 2.89. The van der Waals surface area contributed by atoms with Gasteiger partial charge in [0, 0.05) is 19.7 Å². The van der Waals surface area contributed by atoms with Gasteiger partial charge >= 0.3 is 0 Å². The second kappa shape index (κ2) is 5.82. The maximum Gasteiger partial charge on any atom is 0.224 e. The van der Waals surface area contributed by atoms with Gasteiger partial charge in [0.15, 0.2) is 0 Å². The lowest BCUT2D eigenvalue weighted by Gasteiger charge is -2.22. The minimum atomic E-state index is -0.236. The normalized spacial score (nSPS) is 11.3. The van der Waals surface area contributed by atoms with E-state index in [1.807, 2.05) is 26.8 Å². The van der Waals surface area contributed by atoms with Crippen LogP contribution in [-0.2, 0) is 4.74 Å². The van der Waals surface area contributed by atoms with Gasteiger partial charge in [-0.2, -0.15) is 0 Å².